The molecule has 10 nitrogen and oxygen atoms in total. The summed E-state index contributed by atoms with van der Waals surface area (Å²) in [6.07, 6.45) is 3.58. The normalized spacial score (nSPS) is 26.9. The predicted molar refractivity (Wildman–Crippen MR) is 143 cm³/mol. The lowest BCUT2D eigenvalue weighted by atomic mass is 9.85. The van der Waals surface area contributed by atoms with Crippen LogP contribution < -0.4 is 5.32 Å². The molecule has 10 heteroatoms. The maximum Gasteiger partial charge on any atom is 0.410 e. The largest absolute Gasteiger partial charge is 0.480 e. The van der Waals surface area contributed by atoms with Gasteiger partial charge in [-0.15, -0.1) is 0 Å². The van der Waals surface area contributed by atoms with Crippen LogP contribution in [0.15, 0.2) is 24.3 Å². The van der Waals surface area contributed by atoms with Crippen LogP contribution in [0.25, 0.3) is 6.08 Å². The van der Waals surface area contributed by atoms with Crippen LogP contribution in [-0.4, -0.2) is 70.3 Å². The summed E-state index contributed by atoms with van der Waals surface area (Å²) in [5.41, 5.74) is 2.09. The standard InChI is InChI=1S/C29H39N3O7/c1-28(2,3)23-24(33)32-15-20(13-22(32)25(34)35)39-27(37)31-14-19-11-8-10-18(21(19)16-31)9-6-7-12-29(4,5)17-38-26(36)30-23/h6,8-11,20,22-23H,7,12-17H2,1-5H3,(H,30,36)(H,34,35)/b9-6+/t20-,22?,23-/m1/s1. The van der Waals surface area contributed by atoms with E-state index in [2.05, 4.69) is 17.5 Å². The van der Waals surface area contributed by atoms with Crippen molar-refractivity contribution in [3.8, 4) is 0 Å². The summed E-state index contributed by atoms with van der Waals surface area (Å²) in [7, 11) is 0. The topological polar surface area (TPSA) is 125 Å². The molecule has 1 saturated heterocycles. The van der Waals surface area contributed by atoms with Crippen molar-refractivity contribution in [3.63, 3.8) is 0 Å². The number of carbonyl (C=O) groups excluding carboxylic acids is 3. The number of carboxylic acid groups (broad SMARTS) is 1. The molecule has 1 aromatic carbocycles. The first-order chi connectivity index (χ1) is 18.2. The lowest BCUT2D eigenvalue weighted by Gasteiger charge is -2.34. The van der Waals surface area contributed by atoms with Crippen LogP contribution in [0.1, 0.15) is 70.6 Å². The number of alkyl carbamates (subject to hydrolysis) is 1. The Bertz CT molecular complexity index is 1170. The van der Waals surface area contributed by atoms with E-state index in [1.165, 1.54) is 4.90 Å². The van der Waals surface area contributed by atoms with Crippen molar-refractivity contribution in [2.24, 2.45) is 10.8 Å². The highest BCUT2D eigenvalue weighted by atomic mass is 16.6. The quantitative estimate of drug-likeness (QED) is 0.547. The van der Waals surface area contributed by atoms with Crippen LogP contribution in [0.3, 0.4) is 0 Å². The molecule has 3 aliphatic rings. The molecular weight excluding hydrogens is 502 g/mol. The van der Waals surface area contributed by atoms with Crippen molar-refractivity contribution in [2.75, 3.05) is 13.2 Å². The average molecular weight is 542 g/mol. The summed E-state index contributed by atoms with van der Waals surface area (Å²) in [5, 5.41) is 12.6. The van der Waals surface area contributed by atoms with Gasteiger partial charge in [0.15, 0.2) is 0 Å². The molecule has 0 saturated carbocycles. The molecule has 0 aromatic heterocycles. The Kier molecular flexibility index (Phi) is 7.95. The molecule has 3 heterocycles. The number of rotatable bonds is 1. The Morgan fingerprint density at radius 3 is 2.59 bits per heavy atom. The summed E-state index contributed by atoms with van der Waals surface area (Å²) >= 11 is 0. The predicted octanol–water partition coefficient (Wildman–Crippen LogP) is 4.17. The van der Waals surface area contributed by atoms with E-state index in [0.29, 0.717) is 13.1 Å². The second-order valence-corrected chi connectivity index (χ2v) is 12.6. The maximum atomic E-state index is 13.7. The minimum Gasteiger partial charge on any atom is -0.480 e. The lowest BCUT2D eigenvalue weighted by Crippen LogP contribution is -2.57. The van der Waals surface area contributed by atoms with E-state index in [1.807, 2.05) is 32.0 Å². The van der Waals surface area contributed by atoms with Crippen LogP contribution >= 0.6 is 0 Å². The summed E-state index contributed by atoms with van der Waals surface area (Å²) in [4.78, 5) is 54.5. The summed E-state index contributed by atoms with van der Waals surface area (Å²) in [6, 6.07) is 3.74. The van der Waals surface area contributed by atoms with Crippen molar-refractivity contribution in [1.82, 2.24) is 15.1 Å². The number of benzene rings is 1. The molecule has 3 aliphatic heterocycles. The number of nitrogens with one attached hydrogen (secondary N) is 1. The number of carbonyl (C=O) groups is 4. The highest BCUT2D eigenvalue weighted by molar-refractivity contribution is 5.90. The third kappa shape index (κ3) is 6.54. The van der Waals surface area contributed by atoms with Crippen molar-refractivity contribution in [1.29, 1.82) is 0 Å². The number of cyclic esters (lactones) is 1. The number of hydrogen-bond donors (Lipinski definition) is 2. The Balaban J connectivity index is 1.63. The number of nitrogens with zero attached hydrogens (tertiary/aromatic N) is 2. The molecule has 4 rings (SSSR count). The highest BCUT2D eigenvalue weighted by Crippen LogP contribution is 2.31. The van der Waals surface area contributed by atoms with E-state index in [-0.39, 0.29) is 25.0 Å². The van der Waals surface area contributed by atoms with E-state index in [4.69, 9.17) is 9.47 Å². The number of amides is 3. The first-order valence-corrected chi connectivity index (χ1v) is 13.4. The molecular formula is C29H39N3O7. The van der Waals surface area contributed by atoms with E-state index < -0.39 is 47.7 Å². The van der Waals surface area contributed by atoms with Gasteiger partial charge >= 0.3 is 18.2 Å². The molecule has 2 N–H and O–H groups in total. The Morgan fingerprint density at radius 1 is 1.15 bits per heavy atom. The minimum atomic E-state index is -1.19. The molecule has 4 bridgehead atoms. The zero-order chi connectivity index (χ0) is 28.5. The molecule has 0 aliphatic carbocycles. The summed E-state index contributed by atoms with van der Waals surface area (Å²) in [6.45, 7) is 10.3. The molecule has 0 spiro atoms. The van der Waals surface area contributed by atoms with Gasteiger partial charge in [-0.2, -0.15) is 0 Å². The number of carboxylic acids is 1. The third-order valence-corrected chi connectivity index (χ3v) is 7.63. The molecule has 1 fully saturated rings. The number of ether oxygens (including phenoxy) is 2. The Hall–Kier alpha value is -3.56. The third-order valence-electron chi connectivity index (χ3n) is 7.63. The van der Waals surface area contributed by atoms with Crippen molar-refractivity contribution < 1.29 is 33.8 Å². The average Bonchev–Trinajstić information content (AvgIpc) is 3.47. The molecule has 1 aromatic rings. The smallest absolute Gasteiger partial charge is 0.410 e. The number of allylic oxidation sites excluding steroid dienone is 1. The molecule has 3 amide bonds. The first-order valence-electron chi connectivity index (χ1n) is 13.4. The van der Waals surface area contributed by atoms with Crippen LogP contribution in [0, 0.1) is 10.8 Å². The fourth-order valence-corrected chi connectivity index (χ4v) is 5.30. The van der Waals surface area contributed by atoms with Gasteiger partial charge in [0.05, 0.1) is 19.7 Å². The van der Waals surface area contributed by atoms with Gasteiger partial charge < -0.3 is 24.8 Å². The van der Waals surface area contributed by atoms with Crippen molar-refractivity contribution in [2.45, 2.75) is 85.2 Å². The van der Waals surface area contributed by atoms with Gasteiger partial charge in [-0.3, -0.25) is 9.69 Å². The summed E-state index contributed by atoms with van der Waals surface area (Å²) < 4.78 is 11.2. The van der Waals surface area contributed by atoms with Gasteiger partial charge in [0.25, 0.3) is 0 Å². The zero-order valence-electron chi connectivity index (χ0n) is 23.4. The monoisotopic (exact) mass is 541 g/mol. The van der Waals surface area contributed by atoms with E-state index in [1.54, 1.807) is 25.7 Å². The first kappa shape index (κ1) is 28.4. The lowest BCUT2D eigenvalue weighted by molar-refractivity contribution is -0.150. The van der Waals surface area contributed by atoms with Gasteiger partial charge in [0.1, 0.15) is 18.2 Å². The number of aliphatic carboxylic acids is 1. The molecule has 39 heavy (non-hydrogen) atoms. The Morgan fingerprint density at radius 2 is 1.90 bits per heavy atom. The minimum absolute atomic E-state index is 0.0307. The fourth-order valence-electron chi connectivity index (χ4n) is 5.30. The van der Waals surface area contributed by atoms with Gasteiger partial charge in [-0.25, -0.2) is 14.4 Å². The van der Waals surface area contributed by atoms with Crippen LogP contribution in [0.4, 0.5) is 9.59 Å². The van der Waals surface area contributed by atoms with Crippen LogP contribution in [0.2, 0.25) is 0 Å². The molecule has 1 unspecified atom stereocenters. The van der Waals surface area contributed by atoms with Crippen LogP contribution in [-0.2, 0) is 32.2 Å². The van der Waals surface area contributed by atoms with Gasteiger partial charge in [-0.1, -0.05) is 65.0 Å². The van der Waals surface area contributed by atoms with Crippen molar-refractivity contribution in [3.05, 3.63) is 41.0 Å². The van der Waals surface area contributed by atoms with Crippen LogP contribution in [0.5, 0.6) is 0 Å². The second-order valence-electron chi connectivity index (χ2n) is 12.6. The second kappa shape index (κ2) is 10.9. The zero-order valence-corrected chi connectivity index (χ0v) is 23.4. The SMILES string of the molecule is CC1(C)CC/C=C/c2cccc3c2CN(C3)C(=O)O[C@@H]2CC(C(=O)O)N(C2)C(=O)[C@H](C(C)(C)C)NC(=O)OC1. The number of fused-ring (bicyclic) bond motifs is 3. The van der Waals surface area contributed by atoms with Gasteiger partial charge in [0.2, 0.25) is 5.91 Å². The molecule has 212 valence electrons. The van der Waals surface area contributed by atoms with E-state index in [0.717, 1.165) is 29.5 Å². The summed E-state index contributed by atoms with van der Waals surface area (Å²) in [5.74, 6) is -1.75. The molecule has 3 atom stereocenters. The Labute approximate surface area is 229 Å². The highest BCUT2D eigenvalue weighted by Gasteiger charge is 2.46. The fraction of sp³-hybridized carbons (Fsp3) is 0.586. The maximum absolute atomic E-state index is 13.7. The van der Waals surface area contributed by atoms with Crippen molar-refractivity contribution >= 4 is 30.1 Å². The molecule has 0 radical (unpaired) electrons. The van der Waals surface area contributed by atoms with E-state index >= 15 is 0 Å². The number of hydrogen-bond acceptors (Lipinski definition) is 6. The van der Waals surface area contributed by atoms with Gasteiger partial charge in [-0.05, 0) is 40.4 Å². The van der Waals surface area contributed by atoms with E-state index in [9.17, 15) is 24.3 Å². The van der Waals surface area contributed by atoms with Gasteiger partial charge in [0, 0.05) is 13.0 Å².